The van der Waals surface area contributed by atoms with E-state index in [1.54, 1.807) is 0 Å². The van der Waals surface area contributed by atoms with Crippen molar-refractivity contribution in [1.82, 2.24) is 20.0 Å². The molecule has 5 rings (SSSR count). The first-order valence-electron chi connectivity index (χ1n) is 14.2. The van der Waals surface area contributed by atoms with Gasteiger partial charge in [0.05, 0.1) is 18.4 Å². The average molecular weight is 562 g/mol. The summed E-state index contributed by atoms with van der Waals surface area (Å²) in [6.45, 7) is 11.8. The molecule has 1 aromatic carbocycles. The van der Waals surface area contributed by atoms with Gasteiger partial charge in [-0.05, 0) is 70.9 Å². The van der Waals surface area contributed by atoms with Crippen molar-refractivity contribution in [3.63, 3.8) is 0 Å². The number of hydrogen-bond acceptors (Lipinski definition) is 9. The van der Waals surface area contributed by atoms with E-state index in [2.05, 4.69) is 44.3 Å². The second-order valence-electron chi connectivity index (χ2n) is 12.1. The number of methoxy groups -OCH3 is 1. The third kappa shape index (κ3) is 6.52. The van der Waals surface area contributed by atoms with Crippen molar-refractivity contribution in [1.29, 1.82) is 0 Å². The molecular formula is C31H39N5O5. The van der Waals surface area contributed by atoms with E-state index in [-0.39, 0.29) is 18.1 Å². The van der Waals surface area contributed by atoms with Gasteiger partial charge < -0.3 is 23.8 Å². The summed E-state index contributed by atoms with van der Waals surface area (Å²) in [5, 5.41) is 4.08. The Hall–Kier alpha value is -3.95. The summed E-state index contributed by atoms with van der Waals surface area (Å²) < 4.78 is 15.9. The molecule has 218 valence electrons. The lowest BCUT2D eigenvalue weighted by Crippen LogP contribution is -2.44. The second-order valence-corrected chi connectivity index (χ2v) is 12.1. The van der Waals surface area contributed by atoms with Gasteiger partial charge in [-0.25, -0.2) is 19.6 Å². The molecule has 1 aliphatic carbocycles. The SMILES string of the molecule is COC(=O)c1cnc(N2CCC(CN(C(=O)OC(C)(C)C)C3CC3c3ccc(-c4c(C)noc4C)cc3)CC2)nc1. The summed E-state index contributed by atoms with van der Waals surface area (Å²) in [7, 11) is 1.34. The molecule has 2 aliphatic rings. The molecule has 1 amide bonds. The number of esters is 1. The Balaban J connectivity index is 1.23. The predicted molar refractivity (Wildman–Crippen MR) is 154 cm³/mol. The third-order valence-electron chi connectivity index (χ3n) is 7.86. The Kier molecular flexibility index (Phi) is 8.02. The van der Waals surface area contributed by atoms with Gasteiger partial charge in [0.1, 0.15) is 11.4 Å². The van der Waals surface area contributed by atoms with Crippen molar-refractivity contribution in [2.75, 3.05) is 31.6 Å². The summed E-state index contributed by atoms with van der Waals surface area (Å²) in [4.78, 5) is 37.9. The molecule has 2 fully saturated rings. The number of nitrogens with zero attached hydrogens (tertiary/aromatic N) is 5. The van der Waals surface area contributed by atoms with Crippen LogP contribution in [0.25, 0.3) is 11.1 Å². The summed E-state index contributed by atoms with van der Waals surface area (Å²) in [6.07, 6.45) is 5.48. The van der Waals surface area contributed by atoms with E-state index < -0.39 is 11.6 Å². The monoisotopic (exact) mass is 561 g/mol. The van der Waals surface area contributed by atoms with Crippen LogP contribution in [0.3, 0.4) is 0 Å². The van der Waals surface area contributed by atoms with E-state index in [1.165, 1.54) is 25.1 Å². The summed E-state index contributed by atoms with van der Waals surface area (Å²) in [6, 6.07) is 8.66. The van der Waals surface area contributed by atoms with Crippen LogP contribution in [0, 0.1) is 19.8 Å². The highest BCUT2D eigenvalue weighted by atomic mass is 16.6. The van der Waals surface area contributed by atoms with Gasteiger partial charge in [-0.15, -0.1) is 0 Å². The summed E-state index contributed by atoms with van der Waals surface area (Å²) >= 11 is 0. The minimum absolute atomic E-state index is 0.113. The third-order valence-corrected chi connectivity index (χ3v) is 7.86. The number of rotatable bonds is 7. The van der Waals surface area contributed by atoms with Gasteiger partial charge in [-0.2, -0.15) is 0 Å². The molecule has 2 unspecified atom stereocenters. The standard InChI is InChI=1S/C31H39N5O5/c1-19-27(20(2)41-34-19)23-9-7-22(8-10-23)25-15-26(25)36(30(38)40-31(3,4)5)18-21-11-13-35(14-12-21)29-32-16-24(17-33-29)28(37)39-6/h7-10,16-17,21,25-26H,11-15,18H2,1-6H3. The number of carbonyl (C=O) groups is 2. The molecule has 1 saturated heterocycles. The zero-order chi connectivity index (χ0) is 29.3. The lowest BCUT2D eigenvalue weighted by Gasteiger charge is -2.35. The van der Waals surface area contributed by atoms with Crippen LogP contribution in [0.15, 0.2) is 41.2 Å². The Morgan fingerprint density at radius 1 is 1.07 bits per heavy atom. The fraction of sp³-hybridized carbons (Fsp3) is 0.516. The normalized spacial score (nSPS) is 19.1. The van der Waals surface area contributed by atoms with E-state index in [9.17, 15) is 9.59 Å². The first kappa shape index (κ1) is 28.6. The summed E-state index contributed by atoms with van der Waals surface area (Å²) in [5.74, 6) is 1.58. The van der Waals surface area contributed by atoms with Crippen LogP contribution in [0.4, 0.5) is 10.7 Å². The smallest absolute Gasteiger partial charge is 0.410 e. The van der Waals surface area contributed by atoms with Gasteiger partial charge in [-0.1, -0.05) is 29.4 Å². The fourth-order valence-electron chi connectivity index (χ4n) is 5.64. The van der Waals surface area contributed by atoms with Crippen molar-refractivity contribution in [3.8, 4) is 11.1 Å². The maximum atomic E-state index is 13.4. The van der Waals surface area contributed by atoms with Gasteiger partial charge >= 0.3 is 12.1 Å². The minimum atomic E-state index is -0.563. The largest absolute Gasteiger partial charge is 0.465 e. The van der Waals surface area contributed by atoms with E-state index in [0.29, 0.717) is 24.0 Å². The highest BCUT2D eigenvalue weighted by Gasteiger charge is 2.46. The first-order chi connectivity index (χ1) is 19.5. The van der Waals surface area contributed by atoms with E-state index in [1.807, 2.05) is 39.5 Å². The minimum Gasteiger partial charge on any atom is -0.465 e. The predicted octanol–water partition coefficient (Wildman–Crippen LogP) is 5.54. The zero-order valence-electron chi connectivity index (χ0n) is 24.7. The Morgan fingerprint density at radius 3 is 2.29 bits per heavy atom. The molecule has 2 atom stereocenters. The zero-order valence-corrected chi connectivity index (χ0v) is 24.7. The van der Waals surface area contributed by atoms with Gasteiger partial charge in [0.2, 0.25) is 5.95 Å². The maximum absolute atomic E-state index is 13.4. The lowest BCUT2D eigenvalue weighted by atomic mass is 9.96. The van der Waals surface area contributed by atoms with Crippen molar-refractivity contribution in [3.05, 3.63) is 59.2 Å². The molecule has 10 heteroatoms. The van der Waals surface area contributed by atoms with Crippen LogP contribution in [0.2, 0.25) is 0 Å². The molecule has 1 saturated carbocycles. The van der Waals surface area contributed by atoms with Crippen LogP contribution >= 0.6 is 0 Å². The van der Waals surface area contributed by atoms with Crippen LogP contribution < -0.4 is 4.90 Å². The van der Waals surface area contributed by atoms with Crippen molar-refractivity contribution in [2.24, 2.45) is 5.92 Å². The fourth-order valence-corrected chi connectivity index (χ4v) is 5.64. The molecule has 2 aromatic heterocycles. The summed E-state index contributed by atoms with van der Waals surface area (Å²) in [5.41, 5.74) is 3.99. The first-order valence-corrected chi connectivity index (χ1v) is 14.2. The van der Waals surface area contributed by atoms with Crippen LogP contribution in [-0.2, 0) is 9.47 Å². The highest BCUT2D eigenvalue weighted by Crippen LogP contribution is 2.46. The van der Waals surface area contributed by atoms with Crippen molar-refractivity contribution in [2.45, 2.75) is 71.4 Å². The number of ether oxygens (including phenoxy) is 2. The number of hydrogen-bond donors (Lipinski definition) is 0. The molecule has 3 aromatic rings. The second kappa shape index (κ2) is 11.5. The number of carbonyl (C=O) groups excluding carboxylic acids is 2. The molecule has 10 nitrogen and oxygen atoms in total. The molecule has 41 heavy (non-hydrogen) atoms. The Morgan fingerprint density at radius 2 is 1.73 bits per heavy atom. The number of piperidine rings is 1. The van der Waals surface area contributed by atoms with Crippen molar-refractivity contribution >= 4 is 18.0 Å². The molecule has 0 bridgehead atoms. The van der Waals surface area contributed by atoms with Crippen LogP contribution in [0.1, 0.15) is 73.3 Å². The Bertz CT molecular complexity index is 1350. The molecule has 0 radical (unpaired) electrons. The van der Waals surface area contributed by atoms with Gasteiger partial charge in [0.25, 0.3) is 0 Å². The lowest BCUT2D eigenvalue weighted by molar-refractivity contribution is 0.0190. The number of anilines is 1. The van der Waals surface area contributed by atoms with Crippen LogP contribution in [-0.4, -0.2) is 70.5 Å². The maximum Gasteiger partial charge on any atom is 0.410 e. The molecule has 0 N–H and O–H groups in total. The van der Waals surface area contributed by atoms with Crippen LogP contribution in [0.5, 0.6) is 0 Å². The number of aryl methyl sites for hydroxylation is 2. The van der Waals surface area contributed by atoms with E-state index >= 15 is 0 Å². The molecule has 0 spiro atoms. The van der Waals surface area contributed by atoms with Gasteiger partial charge in [0, 0.05) is 49.6 Å². The van der Waals surface area contributed by atoms with Crippen molar-refractivity contribution < 1.29 is 23.6 Å². The van der Waals surface area contributed by atoms with E-state index in [4.69, 9.17) is 14.0 Å². The molecule has 3 heterocycles. The van der Waals surface area contributed by atoms with E-state index in [0.717, 1.165) is 54.9 Å². The number of benzene rings is 1. The average Bonchev–Trinajstić information content (AvgIpc) is 3.67. The van der Waals surface area contributed by atoms with Gasteiger partial charge in [0.15, 0.2) is 0 Å². The quantitative estimate of drug-likeness (QED) is 0.343. The highest BCUT2D eigenvalue weighted by molar-refractivity contribution is 5.88. The Labute approximate surface area is 241 Å². The molecule has 1 aliphatic heterocycles. The number of amides is 1. The number of aromatic nitrogens is 3. The topological polar surface area (TPSA) is 111 Å². The molecular weight excluding hydrogens is 522 g/mol. The van der Waals surface area contributed by atoms with Gasteiger partial charge in [-0.3, -0.25) is 0 Å².